The minimum atomic E-state index is -0.625. The molecule has 1 atom stereocenters. The van der Waals surface area contributed by atoms with Crippen molar-refractivity contribution in [3.8, 4) is 0 Å². The molecular weight excluding hydrogens is 390 g/mol. The van der Waals surface area contributed by atoms with Crippen molar-refractivity contribution in [3.63, 3.8) is 0 Å². The van der Waals surface area contributed by atoms with E-state index in [2.05, 4.69) is 0 Å². The van der Waals surface area contributed by atoms with Gasteiger partial charge in [0.25, 0.3) is 5.91 Å². The number of nitrogens with zero attached hydrogens (tertiary/aromatic N) is 1. The van der Waals surface area contributed by atoms with Crippen molar-refractivity contribution in [2.45, 2.75) is 25.3 Å². The van der Waals surface area contributed by atoms with Crippen LogP contribution in [0.2, 0.25) is 5.02 Å². The van der Waals surface area contributed by atoms with E-state index in [9.17, 15) is 14.7 Å². The number of carbonyl (C=O) groups excluding carboxylic acids is 2. The lowest BCUT2D eigenvalue weighted by molar-refractivity contribution is -0.129. The first-order valence-electron chi connectivity index (χ1n) is 9.58. The minimum absolute atomic E-state index is 0.158. The van der Waals surface area contributed by atoms with Gasteiger partial charge in [0.05, 0.1) is 11.6 Å². The summed E-state index contributed by atoms with van der Waals surface area (Å²) in [4.78, 5) is 27.3. The third kappa shape index (κ3) is 4.86. The number of hydrogen-bond donors (Lipinski definition) is 1. The molecule has 1 unspecified atom stereocenters. The van der Waals surface area contributed by atoms with Crippen LogP contribution in [0, 0.1) is 0 Å². The molecule has 3 rings (SSSR count). The second kappa shape index (κ2) is 9.72. The number of aryl methyl sites for hydroxylation is 1. The Labute approximate surface area is 175 Å². The average molecular weight is 414 g/mol. The summed E-state index contributed by atoms with van der Waals surface area (Å²) >= 11 is 6.01. The molecule has 0 spiro atoms. The molecule has 5 nitrogen and oxygen atoms in total. The van der Waals surface area contributed by atoms with E-state index in [0.29, 0.717) is 31.0 Å². The normalized spacial score (nSPS) is 16.6. The van der Waals surface area contributed by atoms with Gasteiger partial charge in [0, 0.05) is 31.7 Å². The summed E-state index contributed by atoms with van der Waals surface area (Å²) in [6, 6.07) is 16.0. The summed E-state index contributed by atoms with van der Waals surface area (Å²) in [5, 5.41) is 11.1. The van der Waals surface area contributed by atoms with E-state index in [1.165, 1.54) is 4.90 Å². The van der Waals surface area contributed by atoms with Gasteiger partial charge in [0.15, 0.2) is 11.5 Å². The molecule has 0 fully saturated rings. The highest BCUT2D eigenvalue weighted by molar-refractivity contribution is 6.30. The van der Waals surface area contributed by atoms with E-state index in [-0.39, 0.29) is 17.8 Å². The lowest BCUT2D eigenvalue weighted by Gasteiger charge is -2.27. The third-order valence-corrected chi connectivity index (χ3v) is 5.27. The first-order valence-corrected chi connectivity index (χ1v) is 9.96. The van der Waals surface area contributed by atoms with Crippen molar-refractivity contribution in [2.75, 3.05) is 20.3 Å². The molecule has 6 heteroatoms. The first kappa shape index (κ1) is 21.1. The predicted molar refractivity (Wildman–Crippen MR) is 112 cm³/mol. The molecule has 1 N–H and O–H groups in total. The van der Waals surface area contributed by atoms with E-state index in [0.717, 1.165) is 11.1 Å². The van der Waals surface area contributed by atoms with Crippen molar-refractivity contribution in [1.82, 2.24) is 4.90 Å². The number of aliphatic hydroxyl groups excluding tert-OH is 1. The molecule has 0 saturated carbocycles. The number of Topliss-reactive ketones (excluding diaryl/α,β-unsaturated/α-hetero) is 1. The molecule has 1 aliphatic rings. The monoisotopic (exact) mass is 413 g/mol. The van der Waals surface area contributed by atoms with Crippen LogP contribution in [0.25, 0.3) is 0 Å². The van der Waals surface area contributed by atoms with Crippen LogP contribution in [0.5, 0.6) is 0 Å². The van der Waals surface area contributed by atoms with Gasteiger partial charge in [-0.1, -0.05) is 54.1 Å². The Kier molecular flexibility index (Phi) is 7.07. The number of benzene rings is 2. The van der Waals surface area contributed by atoms with Crippen LogP contribution in [0.4, 0.5) is 0 Å². The van der Waals surface area contributed by atoms with Crippen LogP contribution in [-0.2, 0) is 20.7 Å². The molecule has 1 aliphatic heterocycles. The van der Waals surface area contributed by atoms with E-state index in [4.69, 9.17) is 16.3 Å². The van der Waals surface area contributed by atoms with Crippen LogP contribution >= 0.6 is 11.6 Å². The molecule has 0 aliphatic carbocycles. The van der Waals surface area contributed by atoms with Gasteiger partial charge in [0.2, 0.25) is 0 Å². The fourth-order valence-corrected chi connectivity index (χ4v) is 3.70. The van der Waals surface area contributed by atoms with Gasteiger partial charge >= 0.3 is 0 Å². The predicted octanol–water partition coefficient (Wildman–Crippen LogP) is 4.27. The molecule has 0 radical (unpaired) electrons. The third-order valence-electron chi connectivity index (χ3n) is 5.02. The molecule has 152 valence electrons. The number of rotatable bonds is 9. The molecule has 0 bridgehead atoms. The number of halogens is 1. The van der Waals surface area contributed by atoms with Crippen molar-refractivity contribution in [2.24, 2.45) is 0 Å². The smallest absolute Gasteiger partial charge is 0.290 e. The molecule has 1 amide bonds. The van der Waals surface area contributed by atoms with Gasteiger partial charge in [-0.3, -0.25) is 9.59 Å². The van der Waals surface area contributed by atoms with Gasteiger partial charge < -0.3 is 14.7 Å². The zero-order chi connectivity index (χ0) is 20.8. The maximum absolute atomic E-state index is 13.1. The van der Waals surface area contributed by atoms with Gasteiger partial charge in [-0.25, -0.2) is 0 Å². The standard InChI is InChI=1S/C23H24ClNO4/c1-29-15-5-14-25-21(17-9-11-18(24)12-10-17)20(22(27)23(25)28)19(26)13-8-16-6-3-2-4-7-16/h2-4,6-7,9-12,21,27H,5,8,13-15H2,1H3. The first-order chi connectivity index (χ1) is 14.0. The van der Waals surface area contributed by atoms with Crippen molar-refractivity contribution in [1.29, 1.82) is 0 Å². The number of carbonyl (C=O) groups is 2. The Morgan fingerprint density at radius 2 is 1.83 bits per heavy atom. The van der Waals surface area contributed by atoms with Crippen LogP contribution in [-0.4, -0.2) is 42.0 Å². The second-order valence-electron chi connectivity index (χ2n) is 6.97. The summed E-state index contributed by atoms with van der Waals surface area (Å²) in [7, 11) is 1.59. The maximum Gasteiger partial charge on any atom is 0.290 e. The largest absolute Gasteiger partial charge is 0.503 e. The van der Waals surface area contributed by atoms with Gasteiger partial charge in [-0.05, 0) is 36.1 Å². The average Bonchev–Trinajstić information content (AvgIpc) is 2.98. The second-order valence-corrected chi connectivity index (χ2v) is 7.41. The van der Waals surface area contributed by atoms with Gasteiger partial charge in [-0.2, -0.15) is 0 Å². The van der Waals surface area contributed by atoms with Crippen LogP contribution < -0.4 is 0 Å². The summed E-state index contributed by atoms with van der Waals surface area (Å²) in [5.74, 6) is -1.21. The highest BCUT2D eigenvalue weighted by Crippen LogP contribution is 2.38. The number of amides is 1. The fraction of sp³-hybridized carbons (Fsp3) is 0.304. The molecule has 2 aromatic rings. The summed E-state index contributed by atoms with van der Waals surface area (Å²) in [6.07, 6.45) is 1.36. The number of ether oxygens (including phenoxy) is 1. The highest BCUT2D eigenvalue weighted by atomic mass is 35.5. The van der Waals surface area contributed by atoms with Crippen molar-refractivity contribution >= 4 is 23.3 Å². The molecule has 2 aromatic carbocycles. The summed E-state index contributed by atoms with van der Waals surface area (Å²) < 4.78 is 5.08. The van der Waals surface area contributed by atoms with E-state index in [1.807, 2.05) is 30.3 Å². The number of methoxy groups -OCH3 is 1. The van der Waals surface area contributed by atoms with E-state index < -0.39 is 17.7 Å². The Morgan fingerprint density at radius 3 is 2.48 bits per heavy atom. The van der Waals surface area contributed by atoms with Crippen LogP contribution in [0.3, 0.4) is 0 Å². The summed E-state index contributed by atoms with van der Waals surface area (Å²) in [5.41, 5.74) is 1.93. The number of ketones is 1. The van der Waals surface area contributed by atoms with Crippen LogP contribution in [0.1, 0.15) is 30.0 Å². The fourth-order valence-electron chi connectivity index (χ4n) is 3.58. The van der Waals surface area contributed by atoms with Crippen LogP contribution in [0.15, 0.2) is 65.9 Å². The molecule has 0 saturated heterocycles. The Morgan fingerprint density at radius 1 is 1.14 bits per heavy atom. The number of aliphatic hydroxyl groups is 1. The minimum Gasteiger partial charge on any atom is -0.503 e. The van der Waals surface area contributed by atoms with E-state index in [1.54, 1.807) is 31.4 Å². The van der Waals surface area contributed by atoms with Crippen molar-refractivity contribution in [3.05, 3.63) is 82.1 Å². The zero-order valence-electron chi connectivity index (χ0n) is 16.3. The molecule has 0 aromatic heterocycles. The quantitative estimate of drug-likeness (QED) is 0.623. The lowest BCUT2D eigenvalue weighted by Crippen LogP contribution is -2.32. The highest BCUT2D eigenvalue weighted by Gasteiger charge is 2.42. The lowest BCUT2D eigenvalue weighted by atomic mass is 9.93. The van der Waals surface area contributed by atoms with Gasteiger partial charge in [0.1, 0.15) is 0 Å². The Balaban J connectivity index is 1.87. The maximum atomic E-state index is 13.1. The molecular formula is C23H24ClNO4. The Bertz CT molecular complexity index is 893. The molecule has 29 heavy (non-hydrogen) atoms. The van der Waals surface area contributed by atoms with Gasteiger partial charge in [-0.15, -0.1) is 0 Å². The Hall–Kier alpha value is -2.63. The topological polar surface area (TPSA) is 66.8 Å². The zero-order valence-corrected chi connectivity index (χ0v) is 17.1. The van der Waals surface area contributed by atoms with Crippen molar-refractivity contribution < 1.29 is 19.4 Å². The SMILES string of the molecule is COCCCN1C(=O)C(O)=C(C(=O)CCc2ccccc2)C1c1ccc(Cl)cc1. The van der Waals surface area contributed by atoms with E-state index >= 15 is 0 Å². The number of hydrogen-bond acceptors (Lipinski definition) is 4. The summed E-state index contributed by atoms with van der Waals surface area (Å²) in [6.45, 7) is 0.856. The molecule has 1 heterocycles.